The molecular formula is C37H39F2N7O5. The van der Waals surface area contributed by atoms with Gasteiger partial charge in [-0.15, -0.1) is 0 Å². The maximum atomic E-state index is 15.4. The second-order valence-electron chi connectivity index (χ2n) is 12.8. The van der Waals surface area contributed by atoms with E-state index >= 15 is 4.39 Å². The molecule has 266 valence electrons. The number of carboxylic acids is 1. The predicted molar refractivity (Wildman–Crippen MR) is 187 cm³/mol. The summed E-state index contributed by atoms with van der Waals surface area (Å²) in [5.74, 6) is -2.94. The Hall–Kier alpha value is -5.63. The largest absolute Gasteiger partial charge is 0.480 e. The third kappa shape index (κ3) is 7.45. The minimum atomic E-state index is -1.45. The van der Waals surface area contributed by atoms with Crippen molar-refractivity contribution in [3.05, 3.63) is 88.7 Å². The normalized spacial score (nSPS) is 15.6. The summed E-state index contributed by atoms with van der Waals surface area (Å²) in [5, 5.41) is 20.5. The van der Waals surface area contributed by atoms with Crippen molar-refractivity contribution < 1.29 is 33.1 Å². The van der Waals surface area contributed by atoms with Gasteiger partial charge < -0.3 is 36.3 Å². The van der Waals surface area contributed by atoms with Crippen molar-refractivity contribution in [3.63, 3.8) is 0 Å². The number of nitrogens with zero attached hydrogens (tertiary/aromatic N) is 2. The van der Waals surface area contributed by atoms with Crippen LogP contribution in [0.2, 0.25) is 0 Å². The van der Waals surface area contributed by atoms with E-state index in [-0.39, 0.29) is 48.3 Å². The molecule has 3 aliphatic rings. The van der Waals surface area contributed by atoms with Crippen LogP contribution in [0.3, 0.4) is 0 Å². The summed E-state index contributed by atoms with van der Waals surface area (Å²) in [7, 11) is 1.80. The number of imidazole rings is 1. The highest BCUT2D eigenvalue weighted by atomic mass is 19.1. The molecule has 7 rings (SSSR count). The number of aliphatic carboxylic acids is 1. The van der Waals surface area contributed by atoms with E-state index in [1.807, 2.05) is 0 Å². The molecule has 2 fully saturated rings. The molecule has 6 N–H and O–H groups in total. The number of aromatic amines is 1. The maximum Gasteiger partial charge on any atom is 0.319 e. The number of fused-ring (bicyclic) bond motifs is 1. The number of amides is 3. The Labute approximate surface area is 293 Å². The highest BCUT2D eigenvalue weighted by Gasteiger charge is 2.57. The molecule has 1 aliphatic carbocycles. The number of rotatable bonds is 10. The number of H-pyrrole nitrogens is 1. The molecule has 1 saturated heterocycles. The molecule has 51 heavy (non-hydrogen) atoms. The second-order valence-corrected chi connectivity index (χ2v) is 12.8. The summed E-state index contributed by atoms with van der Waals surface area (Å²) in [6, 6.07) is 13.7. The number of carbonyl (C=O) groups is 4. The summed E-state index contributed by atoms with van der Waals surface area (Å²) in [5.41, 5.74) is 2.59. The average Bonchev–Trinajstić information content (AvgIpc) is 3.37. The molecular weight excluding hydrogens is 660 g/mol. The first-order valence-electron chi connectivity index (χ1n) is 16.8. The number of likely N-dealkylation sites (tertiary alicyclic amines) is 1. The van der Waals surface area contributed by atoms with Crippen LogP contribution in [0.1, 0.15) is 57.8 Å². The average molecular weight is 700 g/mol. The van der Waals surface area contributed by atoms with E-state index in [4.69, 9.17) is 0 Å². The molecule has 0 atom stereocenters. The first-order valence-corrected chi connectivity index (χ1v) is 16.8. The quantitative estimate of drug-likeness (QED) is 0.127. The fourth-order valence-electron chi connectivity index (χ4n) is 6.37. The van der Waals surface area contributed by atoms with Crippen LogP contribution >= 0.6 is 0 Å². The fraction of sp³-hybridized carbons (Fsp3) is 0.324. The van der Waals surface area contributed by atoms with E-state index in [1.54, 1.807) is 38.2 Å². The van der Waals surface area contributed by atoms with Crippen molar-refractivity contribution in [2.75, 3.05) is 43.9 Å². The van der Waals surface area contributed by atoms with Gasteiger partial charge in [-0.05, 0) is 105 Å². The van der Waals surface area contributed by atoms with Gasteiger partial charge in [0.05, 0.1) is 11.3 Å². The van der Waals surface area contributed by atoms with Crippen molar-refractivity contribution >= 4 is 35.1 Å². The molecule has 0 radical (unpaired) electrons. The monoisotopic (exact) mass is 699 g/mol. The molecule has 14 heteroatoms. The van der Waals surface area contributed by atoms with Gasteiger partial charge in [0.1, 0.15) is 28.6 Å². The van der Waals surface area contributed by atoms with E-state index in [0.29, 0.717) is 46.0 Å². The van der Waals surface area contributed by atoms with Crippen LogP contribution in [0.25, 0.3) is 22.5 Å². The number of aryl methyl sites for hydroxylation is 1. The van der Waals surface area contributed by atoms with Gasteiger partial charge in [-0.3, -0.25) is 19.2 Å². The molecule has 1 aromatic heterocycles. The molecule has 3 aromatic carbocycles. The van der Waals surface area contributed by atoms with Crippen molar-refractivity contribution in [2.24, 2.45) is 5.41 Å². The summed E-state index contributed by atoms with van der Waals surface area (Å²) in [4.78, 5) is 59.6. The van der Waals surface area contributed by atoms with Crippen LogP contribution in [-0.2, 0) is 16.1 Å². The summed E-state index contributed by atoms with van der Waals surface area (Å²) >= 11 is 0. The van der Waals surface area contributed by atoms with Crippen LogP contribution in [0.4, 0.5) is 20.2 Å². The minimum Gasteiger partial charge on any atom is -0.480 e. The number of hydrogen-bond acceptors (Lipinski definition) is 7. The van der Waals surface area contributed by atoms with Crippen molar-refractivity contribution in [1.29, 1.82) is 0 Å². The number of halogens is 2. The zero-order chi connectivity index (χ0) is 36.3. The van der Waals surface area contributed by atoms with E-state index in [1.165, 1.54) is 37.1 Å². The lowest BCUT2D eigenvalue weighted by atomic mass is 9.92. The smallest absolute Gasteiger partial charge is 0.319 e. The van der Waals surface area contributed by atoms with Gasteiger partial charge in [0.2, 0.25) is 5.91 Å². The molecule has 3 heterocycles. The van der Waals surface area contributed by atoms with Gasteiger partial charge in [0.25, 0.3) is 11.8 Å². The van der Waals surface area contributed by atoms with Gasteiger partial charge in [-0.2, -0.15) is 0 Å². The van der Waals surface area contributed by atoms with E-state index in [9.17, 15) is 28.7 Å². The Morgan fingerprint density at radius 1 is 0.961 bits per heavy atom. The molecule has 12 nitrogen and oxygen atoms in total. The van der Waals surface area contributed by atoms with E-state index in [0.717, 1.165) is 31.4 Å². The molecule has 0 spiro atoms. The zero-order valence-electron chi connectivity index (χ0n) is 28.3. The number of benzene rings is 3. The Bertz CT molecular complexity index is 1990. The summed E-state index contributed by atoms with van der Waals surface area (Å²) < 4.78 is 27.5. The fourth-order valence-corrected chi connectivity index (χ4v) is 6.37. The predicted octanol–water partition coefficient (Wildman–Crippen LogP) is 4.93. The Balaban J connectivity index is 0.000000435. The van der Waals surface area contributed by atoms with Gasteiger partial charge in [-0.1, -0.05) is 6.07 Å². The molecule has 4 aromatic rings. The van der Waals surface area contributed by atoms with Crippen molar-refractivity contribution in [3.8, 4) is 22.5 Å². The Morgan fingerprint density at radius 2 is 1.63 bits per heavy atom. The van der Waals surface area contributed by atoms with E-state index < -0.39 is 23.1 Å². The topological polar surface area (TPSA) is 169 Å². The third-order valence-electron chi connectivity index (χ3n) is 9.49. The van der Waals surface area contributed by atoms with Gasteiger partial charge >= 0.3 is 5.97 Å². The van der Waals surface area contributed by atoms with Crippen LogP contribution in [-0.4, -0.2) is 76.9 Å². The van der Waals surface area contributed by atoms with Crippen LogP contribution in [0.5, 0.6) is 0 Å². The lowest BCUT2D eigenvalue weighted by Crippen LogP contribution is -2.33. The van der Waals surface area contributed by atoms with Gasteiger partial charge in [-0.25, -0.2) is 13.8 Å². The third-order valence-corrected chi connectivity index (χ3v) is 9.49. The molecule has 0 bridgehead atoms. The zero-order valence-corrected chi connectivity index (χ0v) is 28.3. The highest BCUT2D eigenvalue weighted by Crippen LogP contribution is 2.47. The van der Waals surface area contributed by atoms with Crippen LogP contribution in [0, 0.1) is 24.0 Å². The summed E-state index contributed by atoms with van der Waals surface area (Å²) in [6.07, 6.45) is 2.85. The first-order chi connectivity index (χ1) is 24.5. The summed E-state index contributed by atoms with van der Waals surface area (Å²) in [6.45, 7) is 5.30. The molecule has 0 unspecified atom stereocenters. The minimum absolute atomic E-state index is 0.147. The lowest BCUT2D eigenvalue weighted by Gasteiger charge is -2.14. The number of carboxylic acid groups (broad SMARTS) is 1. The number of anilines is 2. The molecule has 1 saturated carbocycles. The second kappa shape index (κ2) is 14.7. The first kappa shape index (κ1) is 35.2. The lowest BCUT2D eigenvalue weighted by molar-refractivity contribution is -0.147. The highest BCUT2D eigenvalue weighted by molar-refractivity contribution is 6.11. The number of hydrogen-bond donors (Lipinski definition) is 6. The maximum absolute atomic E-state index is 15.4. The number of nitrogens with one attached hydrogen (secondary N) is 5. The van der Waals surface area contributed by atoms with Gasteiger partial charge in [0.15, 0.2) is 0 Å². The van der Waals surface area contributed by atoms with E-state index in [2.05, 4.69) is 36.1 Å². The Kier molecular flexibility index (Phi) is 10.1. The van der Waals surface area contributed by atoms with Crippen molar-refractivity contribution in [1.82, 2.24) is 25.5 Å². The van der Waals surface area contributed by atoms with Crippen molar-refractivity contribution in [2.45, 2.75) is 39.2 Å². The number of carbonyl (C=O) groups excluding carboxylic acids is 3. The van der Waals surface area contributed by atoms with Gasteiger partial charge in [0, 0.05) is 49.2 Å². The van der Waals surface area contributed by atoms with Crippen LogP contribution < -0.4 is 21.3 Å². The molecule has 2 aliphatic heterocycles. The molecule has 3 amide bonds. The van der Waals surface area contributed by atoms with Crippen LogP contribution in [0.15, 0.2) is 54.6 Å². The Morgan fingerprint density at radius 3 is 2.27 bits per heavy atom. The SMILES string of the molecule is CNc1ccc(F)cc1.Cc1nc(-c2ccc(-c3ccc(NC(=O)C4(C(=O)O)CC4)cc3F)c3c2C(=O)NC3)[nH]c1C(=O)NCCN1CCCC1. The number of aromatic nitrogens is 2. The standard InChI is InChI=1S/C30H31FN6O5.C7H8FN/c1-16-24(27(39)32-10-13-37-11-2-3-12-37)36-25(34-16)20-7-6-18(21-15-33-26(38)23(20)21)19-5-4-17(14-22(19)31)35-28(40)30(8-9-30)29(41)42;1-9-7-4-2-6(8)3-5-7/h4-7,14H,2-3,8-13,15H2,1H3,(H,32,39)(H,33,38)(H,34,36)(H,35,40)(H,41,42);2-5,9H,1H3.